The van der Waals surface area contributed by atoms with Gasteiger partial charge in [-0.3, -0.25) is 4.79 Å². The predicted molar refractivity (Wildman–Crippen MR) is 94.1 cm³/mol. The first-order valence-corrected chi connectivity index (χ1v) is 8.06. The molecule has 0 atom stereocenters. The van der Waals surface area contributed by atoms with Crippen LogP contribution in [0.2, 0.25) is 0 Å². The number of rotatable bonds is 4. The highest BCUT2D eigenvalue weighted by molar-refractivity contribution is 7.10. The summed E-state index contributed by atoms with van der Waals surface area (Å²) in [6.45, 7) is 7.98. The van der Waals surface area contributed by atoms with Gasteiger partial charge in [-0.2, -0.15) is 9.64 Å². The number of likely N-dealkylation sites (N-methyl/N-ethyl adjacent to an activating group) is 1. The highest BCUT2D eigenvalue weighted by atomic mass is 32.1. The summed E-state index contributed by atoms with van der Waals surface area (Å²) < 4.78 is 4.18. The zero-order valence-electron chi connectivity index (χ0n) is 14.0. The number of aromatic nitrogens is 1. The van der Waals surface area contributed by atoms with Crippen LogP contribution in [-0.2, 0) is 4.79 Å². The lowest BCUT2D eigenvalue weighted by molar-refractivity contribution is -0.114. The molecule has 0 spiro atoms. The van der Waals surface area contributed by atoms with Crippen LogP contribution >= 0.6 is 11.5 Å². The molecule has 1 N–H and O–H groups in total. The van der Waals surface area contributed by atoms with Crippen molar-refractivity contribution in [2.45, 2.75) is 27.7 Å². The van der Waals surface area contributed by atoms with E-state index < -0.39 is 0 Å². The molecule has 23 heavy (non-hydrogen) atoms. The number of nitriles is 1. The summed E-state index contributed by atoms with van der Waals surface area (Å²) in [5.74, 6) is -0.113. The SMILES string of the molecule is Cc1cc(C)c(NC(=O)CN(C)c2snc(C)c2C#N)c(C)c1. The van der Waals surface area contributed by atoms with Gasteiger partial charge < -0.3 is 10.2 Å². The Morgan fingerprint density at radius 3 is 2.48 bits per heavy atom. The fourth-order valence-corrected chi connectivity index (χ4v) is 3.39. The van der Waals surface area contributed by atoms with E-state index in [0.29, 0.717) is 11.3 Å². The first kappa shape index (κ1) is 17.0. The standard InChI is InChI=1S/C17H20N4OS/c1-10-6-11(2)16(12(3)7-10)19-15(22)9-21(5)17-14(8-18)13(4)20-23-17/h6-7H,9H2,1-5H3,(H,19,22). The normalized spacial score (nSPS) is 10.3. The summed E-state index contributed by atoms with van der Waals surface area (Å²) in [6, 6.07) is 6.24. The Kier molecular flexibility index (Phi) is 5.02. The van der Waals surface area contributed by atoms with Crippen LogP contribution in [0.3, 0.4) is 0 Å². The number of nitrogens with one attached hydrogen (secondary N) is 1. The van der Waals surface area contributed by atoms with E-state index >= 15 is 0 Å². The lowest BCUT2D eigenvalue weighted by Gasteiger charge is -2.18. The highest BCUT2D eigenvalue weighted by Crippen LogP contribution is 2.27. The second-order valence-corrected chi connectivity index (χ2v) is 6.49. The zero-order valence-corrected chi connectivity index (χ0v) is 14.8. The number of anilines is 2. The lowest BCUT2D eigenvalue weighted by Crippen LogP contribution is -2.30. The van der Waals surface area contributed by atoms with Gasteiger partial charge in [0, 0.05) is 12.7 Å². The van der Waals surface area contributed by atoms with Crippen molar-refractivity contribution in [2.24, 2.45) is 0 Å². The predicted octanol–water partition coefficient (Wildman–Crippen LogP) is 3.32. The van der Waals surface area contributed by atoms with E-state index in [0.717, 1.165) is 21.8 Å². The molecule has 0 radical (unpaired) electrons. The topological polar surface area (TPSA) is 69.0 Å². The summed E-state index contributed by atoms with van der Waals surface area (Å²) in [6.07, 6.45) is 0. The van der Waals surface area contributed by atoms with Crippen molar-refractivity contribution >= 4 is 28.1 Å². The van der Waals surface area contributed by atoms with Gasteiger partial charge in [-0.05, 0) is 50.4 Å². The maximum atomic E-state index is 12.3. The third-order valence-corrected chi connectivity index (χ3v) is 4.68. The van der Waals surface area contributed by atoms with Crippen molar-refractivity contribution in [3.63, 3.8) is 0 Å². The second kappa shape index (κ2) is 6.80. The molecule has 120 valence electrons. The van der Waals surface area contributed by atoms with E-state index in [1.54, 1.807) is 18.9 Å². The van der Waals surface area contributed by atoms with E-state index in [1.807, 2.05) is 32.9 Å². The molecule has 0 saturated heterocycles. The van der Waals surface area contributed by atoms with Crippen LogP contribution in [0.5, 0.6) is 0 Å². The molecule has 0 aliphatic carbocycles. The molecule has 2 rings (SSSR count). The summed E-state index contributed by atoms with van der Waals surface area (Å²) >= 11 is 1.24. The number of amides is 1. The molecule has 0 aliphatic heterocycles. The minimum Gasteiger partial charge on any atom is -0.355 e. The summed E-state index contributed by atoms with van der Waals surface area (Å²) in [7, 11) is 1.79. The van der Waals surface area contributed by atoms with E-state index in [2.05, 4.69) is 15.8 Å². The number of nitrogens with zero attached hydrogens (tertiary/aromatic N) is 3. The number of carbonyl (C=O) groups is 1. The van der Waals surface area contributed by atoms with Gasteiger partial charge in [0.15, 0.2) is 0 Å². The Balaban J connectivity index is 2.13. The van der Waals surface area contributed by atoms with Crippen LogP contribution in [-0.4, -0.2) is 23.9 Å². The van der Waals surface area contributed by atoms with Gasteiger partial charge in [0.1, 0.15) is 16.6 Å². The van der Waals surface area contributed by atoms with Crippen molar-refractivity contribution in [1.29, 1.82) is 5.26 Å². The zero-order chi connectivity index (χ0) is 17.1. The fourth-order valence-electron chi connectivity index (χ4n) is 2.59. The monoisotopic (exact) mass is 328 g/mol. The molecule has 0 saturated carbocycles. The number of aryl methyl sites for hydroxylation is 4. The minimum absolute atomic E-state index is 0.113. The molecule has 0 bridgehead atoms. The summed E-state index contributed by atoms with van der Waals surface area (Å²) in [5.41, 5.74) is 5.36. The van der Waals surface area contributed by atoms with Crippen molar-refractivity contribution in [3.05, 3.63) is 40.1 Å². The van der Waals surface area contributed by atoms with Crippen molar-refractivity contribution < 1.29 is 4.79 Å². The van der Waals surface area contributed by atoms with Gasteiger partial charge in [0.25, 0.3) is 0 Å². The van der Waals surface area contributed by atoms with Crippen LogP contribution in [0.1, 0.15) is 27.9 Å². The van der Waals surface area contributed by atoms with Gasteiger partial charge in [-0.1, -0.05) is 17.7 Å². The largest absolute Gasteiger partial charge is 0.355 e. The molecule has 0 aliphatic rings. The van der Waals surface area contributed by atoms with Crippen LogP contribution in [0.15, 0.2) is 12.1 Å². The summed E-state index contributed by atoms with van der Waals surface area (Å²) in [4.78, 5) is 14.1. The van der Waals surface area contributed by atoms with Gasteiger partial charge >= 0.3 is 0 Å². The van der Waals surface area contributed by atoms with Crippen LogP contribution in [0.25, 0.3) is 0 Å². The van der Waals surface area contributed by atoms with Crippen molar-refractivity contribution in [3.8, 4) is 6.07 Å². The van der Waals surface area contributed by atoms with E-state index in [-0.39, 0.29) is 12.5 Å². The van der Waals surface area contributed by atoms with Crippen LogP contribution < -0.4 is 10.2 Å². The Hall–Kier alpha value is -2.39. The quantitative estimate of drug-likeness (QED) is 0.935. The molecule has 1 amide bonds. The van der Waals surface area contributed by atoms with Gasteiger partial charge in [-0.25, -0.2) is 0 Å². The number of hydrogen-bond acceptors (Lipinski definition) is 5. The Morgan fingerprint density at radius 2 is 1.91 bits per heavy atom. The third kappa shape index (κ3) is 3.69. The van der Waals surface area contributed by atoms with Crippen LogP contribution in [0, 0.1) is 39.0 Å². The molecule has 6 heteroatoms. The Labute approximate surface area is 140 Å². The highest BCUT2D eigenvalue weighted by Gasteiger charge is 2.17. The van der Waals surface area contributed by atoms with Crippen LogP contribution in [0.4, 0.5) is 10.7 Å². The molecule has 1 aromatic carbocycles. The van der Waals surface area contributed by atoms with Gasteiger partial charge in [0.2, 0.25) is 5.91 Å². The molecule has 0 unspecified atom stereocenters. The molecular weight excluding hydrogens is 308 g/mol. The third-order valence-electron chi connectivity index (χ3n) is 3.63. The lowest BCUT2D eigenvalue weighted by atomic mass is 10.1. The van der Waals surface area contributed by atoms with E-state index in [4.69, 9.17) is 0 Å². The first-order chi connectivity index (χ1) is 10.8. The fraction of sp³-hybridized carbons (Fsp3) is 0.353. The minimum atomic E-state index is -0.113. The molecular formula is C17H20N4OS. The van der Waals surface area contributed by atoms with Gasteiger partial charge in [-0.15, -0.1) is 0 Å². The van der Waals surface area contributed by atoms with Crippen molar-refractivity contribution in [2.75, 3.05) is 23.8 Å². The maximum absolute atomic E-state index is 12.3. The molecule has 1 heterocycles. The molecule has 1 aromatic heterocycles. The molecule has 2 aromatic rings. The number of carbonyl (C=O) groups excluding carboxylic acids is 1. The molecule has 5 nitrogen and oxygen atoms in total. The number of hydrogen-bond donors (Lipinski definition) is 1. The Bertz CT molecular complexity index is 765. The summed E-state index contributed by atoms with van der Waals surface area (Å²) in [5, 5.41) is 12.9. The van der Waals surface area contributed by atoms with E-state index in [9.17, 15) is 10.1 Å². The average Bonchev–Trinajstić information content (AvgIpc) is 2.83. The Morgan fingerprint density at radius 1 is 1.30 bits per heavy atom. The second-order valence-electron chi connectivity index (χ2n) is 5.74. The van der Waals surface area contributed by atoms with E-state index in [1.165, 1.54) is 17.1 Å². The average molecular weight is 328 g/mol. The van der Waals surface area contributed by atoms with Gasteiger partial charge in [0.05, 0.1) is 12.2 Å². The smallest absolute Gasteiger partial charge is 0.243 e. The maximum Gasteiger partial charge on any atom is 0.243 e. The van der Waals surface area contributed by atoms with Crippen molar-refractivity contribution in [1.82, 2.24) is 4.37 Å². The first-order valence-electron chi connectivity index (χ1n) is 7.28. The number of benzene rings is 1. The molecule has 0 fully saturated rings.